The molecule has 4 nitrogen and oxygen atoms in total. The van der Waals surface area contributed by atoms with Crippen molar-refractivity contribution in [3.63, 3.8) is 0 Å². The quantitative estimate of drug-likeness (QED) is 0.773. The standard InChI is InChI=1S/C15H15BrN2O2/c1-19-9-10-3-2-4-12(7-10)20-14-8-13(16)17-15(18-14)11-5-6-11/h2-4,7-8,11H,5-6,9H2,1H3. The van der Waals surface area contributed by atoms with E-state index in [1.165, 1.54) is 12.8 Å². The number of hydrogen-bond donors (Lipinski definition) is 0. The molecule has 1 aliphatic rings. The third-order valence-electron chi connectivity index (χ3n) is 3.06. The lowest BCUT2D eigenvalue weighted by Crippen LogP contribution is -1.97. The van der Waals surface area contributed by atoms with Gasteiger partial charge in [0.2, 0.25) is 5.88 Å². The van der Waals surface area contributed by atoms with Crippen LogP contribution in [0.1, 0.15) is 30.1 Å². The van der Waals surface area contributed by atoms with Crippen LogP contribution in [0.15, 0.2) is 34.9 Å². The molecule has 20 heavy (non-hydrogen) atoms. The Hall–Kier alpha value is -1.46. The molecule has 0 radical (unpaired) electrons. The zero-order valence-corrected chi connectivity index (χ0v) is 12.8. The summed E-state index contributed by atoms with van der Waals surface area (Å²) in [4.78, 5) is 8.86. The fourth-order valence-corrected chi connectivity index (χ4v) is 2.35. The molecule has 1 aromatic heterocycles. The summed E-state index contributed by atoms with van der Waals surface area (Å²) in [6.07, 6.45) is 2.33. The van der Waals surface area contributed by atoms with E-state index in [-0.39, 0.29) is 0 Å². The summed E-state index contributed by atoms with van der Waals surface area (Å²) in [6, 6.07) is 9.60. The Bertz CT molecular complexity index is 615. The first kappa shape index (κ1) is 13.5. The van der Waals surface area contributed by atoms with Gasteiger partial charge >= 0.3 is 0 Å². The minimum atomic E-state index is 0.495. The van der Waals surface area contributed by atoms with E-state index in [9.17, 15) is 0 Å². The van der Waals surface area contributed by atoms with Crippen LogP contribution >= 0.6 is 15.9 Å². The first-order chi connectivity index (χ1) is 9.74. The summed E-state index contributed by atoms with van der Waals surface area (Å²) >= 11 is 3.41. The van der Waals surface area contributed by atoms with Crippen LogP contribution < -0.4 is 4.74 Å². The van der Waals surface area contributed by atoms with Gasteiger partial charge in [0, 0.05) is 19.1 Å². The number of benzene rings is 1. The Morgan fingerprint density at radius 3 is 2.85 bits per heavy atom. The Morgan fingerprint density at radius 1 is 1.25 bits per heavy atom. The maximum atomic E-state index is 5.83. The number of rotatable bonds is 5. The lowest BCUT2D eigenvalue weighted by molar-refractivity contribution is 0.184. The van der Waals surface area contributed by atoms with Crippen LogP contribution in [0.4, 0.5) is 0 Å². The molecule has 104 valence electrons. The molecule has 0 unspecified atom stereocenters. The zero-order chi connectivity index (χ0) is 13.9. The van der Waals surface area contributed by atoms with Crippen LogP contribution in [0.25, 0.3) is 0 Å². The molecule has 1 fully saturated rings. The van der Waals surface area contributed by atoms with Gasteiger partial charge in [-0.3, -0.25) is 0 Å². The van der Waals surface area contributed by atoms with Gasteiger partial charge in [-0.2, -0.15) is 4.98 Å². The highest BCUT2D eigenvalue weighted by Gasteiger charge is 2.27. The van der Waals surface area contributed by atoms with Crippen LogP contribution in [0, 0.1) is 0 Å². The Morgan fingerprint density at radius 2 is 2.10 bits per heavy atom. The average molecular weight is 335 g/mol. The second-order valence-electron chi connectivity index (χ2n) is 4.84. The van der Waals surface area contributed by atoms with Crippen molar-refractivity contribution >= 4 is 15.9 Å². The highest BCUT2D eigenvalue weighted by molar-refractivity contribution is 9.10. The van der Waals surface area contributed by atoms with Crippen LogP contribution in [0.2, 0.25) is 0 Å². The normalized spacial score (nSPS) is 14.3. The van der Waals surface area contributed by atoms with Gasteiger partial charge in [0.1, 0.15) is 16.2 Å². The summed E-state index contributed by atoms with van der Waals surface area (Å²) in [5, 5.41) is 0. The molecule has 3 rings (SSSR count). The van der Waals surface area contributed by atoms with Gasteiger partial charge in [0.05, 0.1) is 6.61 Å². The summed E-state index contributed by atoms with van der Waals surface area (Å²) < 4.78 is 11.7. The fourth-order valence-electron chi connectivity index (χ4n) is 1.98. The molecular weight excluding hydrogens is 320 g/mol. The molecule has 2 aromatic rings. The van der Waals surface area contributed by atoms with Crippen molar-refractivity contribution in [3.8, 4) is 11.6 Å². The molecule has 1 heterocycles. The highest BCUT2D eigenvalue weighted by Crippen LogP contribution is 2.39. The van der Waals surface area contributed by atoms with E-state index in [2.05, 4.69) is 25.9 Å². The van der Waals surface area contributed by atoms with Gasteiger partial charge in [-0.15, -0.1) is 0 Å². The number of nitrogens with zero attached hydrogens (tertiary/aromatic N) is 2. The predicted molar refractivity (Wildman–Crippen MR) is 78.9 cm³/mol. The first-order valence-corrected chi connectivity index (χ1v) is 7.34. The fraction of sp³-hybridized carbons (Fsp3) is 0.333. The van der Waals surface area contributed by atoms with Crippen molar-refractivity contribution < 1.29 is 9.47 Å². The van der Waals surface area contributed by atoms with Crippen molar-refractivity contribution in [2.24, 2.45) is 0 Å². The van der Waals surface area contributed by atoms with Crippen LogP contribution in [-0.4, -0.2) is 17.1 Å². The monoisotopic (exact) mass is 334 g/mol. The van der Waals surface area contributed by atoms with E-state index in [4.69, 9.17) is 9.47 Å². The number of hydrogen-bond acceptors (Lipinski definition) is 4. The van der Waals surface area contributed by atoms with E-state index in [0.29, 0.717) is 18.4 Å². The van der Waals surface area contributed by atoms with Gasteiger partial charge in [-0.1, -0.05) is 12.1 Å². The minimum Gasteiger partial charge on any atom is -0.439 e. The molecule has 1 saturated carbocycles. The maximum Gasteiger partial charge on any atom is 0.223 e. The van der Waals surface area contributed by atoms with Crippen molar-refractivity contribution in [2.45, 2.75) is 25.4 Å². The second-order valence-corrected chi connectivity index (χ2v) is 5.66. The predicted octanol–water partition coefficient (Wildman–Crippen LogP) is 4.06. The molecule has 0 saturated heterocycles. The Balaban J connectivity index is 1.81. The lowest BCUT2D eigenvalue weighted by Gasteiger charge is -2.08. The molecule has 0 aliphatic heterocycles. The molecule has 0 amide bonds. The molecular formula is C15H15BrN2O2. The van der Waals surface area contributed by atoms with Crippen molar-refractivity contribution in [3.05, 3.63) is 46.3 Å². The summed E-state index contributed by atoms with van der Waals surface area (Å²) in [5.74, 6) is 2.69. The number of methoxy groups -OCH3 is 1. The Labute approximate surface area is 126 Å². The molecule has 1 aliphatic carbocycles. The zero-order valence-electron chi connectivity index (χ0n) is 11.2. The van der Waals surface area contributed by atoms with Gasteiger partial charge in [0.15, 0.2) is 0 Å². The van der Waals surface area contributed by atoms with Crippen LogP contribution in [0.3, 0.4) is 0 Å². The van der Waals surface area contributed by atoms with Gasteiger partial charge < -0.3 is 9.47 Å². The maximum absolute atomic E-state index is 5.83. The smallest absolute Gasteiger partial charge is 0.223 e. The van der Waals surface area contributed by atoms with E-state index < -0.39 is 0 Å². The van der Waals surface area contributed by atoms with Crippen LogP contribution in [0.5, 0.6) is 11.6 Å². The summed E-state index contributed by atoms with van der Waals surface area (Å²) in [5.41, 5.74) is 1.07. The van der Waals surface area contributed by atoms with Gasteiger partial charge in [-0.05, 0) is 46.5 Å². The van der Waals surface area contributed by atoms with E-state index in [0.717, 1.165) is 21.7 Å². The first-order valence-electron chi connectivity index (χ1n) is 6.55. The number of halogens is 1. The van der Waals surface area contributed by atoms with Crippen molar-refractivity contribution in [2.75, 3.05) is 7.11 Å². The van der Waals surface area contributed by atoms with Gasteiger partial charge in [-0.25, -0.2) is 4.98 Å². The van der Waals surface area contributed by atoms with Crippen LogP contribution in [-0.2, 0) is 11.3 Å². The molecule has 5 heteroatoms. The van der Waals surface area contributed by atoms with Crippen molar-refractivity contribution in [1.29, 1.82) is 0 Å². The molecule has 1 aromatic carbocycles. The molecule has 0 N–H and O–H groups in total. The molecule has 0 atom stereocenters. The lowest BCUT2D eigenvalue weighted by atomic mass is 10.2. The van der Waals surface area contributed by atoms with Crippen molar-refractivity contribution in [1.82, 2.24) is 9.97 Å². The average Bonchev–Trinajstić information content (AvgIpc) is 3.23. The summed E-state index contributed by atoms with van der Waals surface area (Å²) in [7, 11) is 1.68. The summed E-state index contributed by atoms with van der Waals surface area (Å²) in [6.45, 7) is 0.567. The largest absolute Gasteiger partial charge is 0.439 e. The number of aromatic nitrogens is 2. The number of ether oxygens (including phenoxy) is 2. The van der Waals surface area contributed by atoms with E-state index >= 15 is 0 Å². The third-order valence-corrected chi connectivity index (χ3v) is 3.47. The minimum absolute atomic E-state index is 0.495. The SMILES string of the molecule is COCc1cccc(Oc2cc(Br)nc(C3CC3)n2)c1. The van der Waals surface area contributed by atoms with E-state index in [1.54, 1.807) is 13.2 Å². The second kappa shape index (κ2) is 5.89. The Kier molecular flexibility index (Phi) is 3.98. The molecule has 0 bridgehead atoms. The van der Waals surface area contributed by atoms with E-state index in [1.807, 2.05) is 24.3 Å². The topological polar surface area (TPSA) is 44.2 Å². The highest BCUT2D eigenvalue weighted by atomic mass is 79.9. The molecule has 0 spiro atoms. The van der Waals surface area contributed by atoms with Gasteiger partial charge in [0.25, 0.3) is 0 Å². The third kappa shape index (κ3) is 3.35.